The molecule has 2 rings (SSSR count). The van der Waals surface area contributed by atoms with E-state index in [2.05, 4.69) is 6.92 Å². The summed E-state index contributed by atoms with van der Waals surface area (Å²) in [5, 5.41) is 9.37. The fraction of sp³-hybridized carbons (Fsp3) is 1.00. The minimum absolute atomic E-state index is 0.0451. The molecule has 5 unspecified atom stereocenters. The first kappa shape index (κ1) is 8.48. The van der Waals surface area contributed by atoms with Gasteiger partial charge in [-0.15, -0.1) is 0 Å². The lowest BCUT2D eigenvalue weighted by molar-refractivity contribution is -0.206. The van der Waals surface area contributed by atoms with Crippen LogP contribution in [0.1, 0.15) is 20.3 Å². The smallest absolute Gasteiger partial charge is 0.155 e. The second-order valence-corrected chi connectivity index (χ2v) is 3.97. The minimum atomic E-state index is -0.578. The van der Waals surface area contributed by atoms with Crippen molar-refractivity contribution < 1.29 is 14.6 Å². The molecule has 2 heterocycles. The van der Waals surface area contributed by atoms with E-state index in [1.165, 1.54) is 0 Å². The molecule has 70 valence electrons. The van der Waals surface area contributed by atoms with Crippen molar-refractivity contribution in [1.82, 2.24) is 0 Å². The molecule has 5 atom stereocenters. The van der Waals surface area contributed by atoms with Crippen LogP contribution >= 0.6 is 0 Å². The summed E-state index contributed by atoms with van der Waals surface area (Å²) in [7, 11) is 0. The van der Waals surface area contributed by atoms with E-state index in [0.29, 0.717) is 11.8 Å². The molecule has 0 aromatic rings. The van der Waals surface area contributed by atoms with Crippen LogP contribution in [0.5, 0.6) is 0 Å². The van der Waals surface area contributed by atoms with E-state index in [-0.39, 0.29) is 12.2 Å². The standard InChI is InChI=1S/C9H16O3/c1-5-4-11-9-6(2)12-8(10)3-7(5)9/h5-10H,3-4H2,1-2H3. The fourth-order valence-corrected chi connectivity index (χ4v) is 2.30. The molecule has 12 heavy (non-hydrogen) atoms. The highest BCUT2D eigenvalue weighted by Gasteiger charge is 2.43. The summed E-state index contributed by atoms with van der Waals surface area (Å²) in [5.74, 6) is 1.06. The Labute approximate surface area is 72.7 Å². The summed E-state index contributed by atoms with van der Waals surface area (Å²) in [6, 6.07) is 0. The van der Waals surface area contributed by atoms with Crippen LogP contribution in [0, 0.1) is 11.8 Å². The third-order valence-electron chi connectivity index (χ3n) is 3.01. The van der Waals surface area contributed by atoms with Crippen LogP contribution in [0.3, 0.4) is 0 Å². The molecule has 0 radical (unpaired) electrons. The average Bonchev–Trinajstić information content (AvgIpc) is 2.33. The molecule has 2 aliphatic heterocycles. The zero-order chi connectivity index (χ0) is 8.72. The highest BCUT2D eigenvalue weighted by molar-refractivity contribution is 4.88. The molecule has 2 saturated heterocycles. The molecule has 0 aliphatic carbocycles. The second-order valence-electron chi connectivity index (χ2n) is 3.97. The van der Waals surface area contributed by atoms with Gasteiger partial charge in [-0.2, -0.15) is 0 Å². The normalized spacial score (nSPS) is 53.8. The van der Waals surface area contributed by atoms with Crippen molar-refractivity contribution in [2.75, 3.05) is 6.61 Å². The third kappa shape index (κ3) is 1.26. The van der Waals surface area contributed by atoms with Crippen LogP contribution < -0.4 is 0 Å². The third-order valence-corrected chi connectivity index (χ3v) is 3.01. The van der Waals surface area contributed by atoms with Gasteiger partial charge in [-0.3, -0.25) is 0 Å². The van der Waals surface area contributed by atoms with Gasteiger partial charge in [-0.1, -0.05) is 6.92 Å². The van der Waals surface area contributed by atoms with Crippen molar-refractivity contribution in [3.8, 4) is 0 Å². The molecule has 2 aliphatic rings. The highest BCUT2D eigenvalue weighted by Crippen LogP contribution is 2.37. The zero-order valence-corrected chi connectivity index (χ0v) is 7.56. The summed E-state index contributed by atoms with van der Waals surface area (Å²) in [6.45, 7) is 4.96. The quantitative estimate of drug-likeness (QED) is 0.586. The predicted octanol–water partition coefficient (Wildman–Crippen LogP) is 0.765. The number of aliphatic hydroxyl groups excluding tert-OH is 1. The SMILES string of the molecule is CC1COC2C(C)OC(O)CC12. The number of hydrogen-bond acceptors (Lipinski definition) is 3. The van der Waals surface area contributed by atoms with Gasteiger partial charge in [0.15, 0.2) is 6.29 Å². The Morgan fingerprint density at radius 2 is 2.08 bits per heavy atom. The lowest BCUT2D eigenvalue weighted by Gasteiger charge is -2.34. The average molecular weight is 172 g/mol. The first-order chi connectivity index (χ1) is 5.68. The van der Waals surface area contributed by atoms with E-state index >= 15 is 0 Å². The fourth-order valence-electron chi connectivity index (χ4n) is 2.30. The zero-order valence-electron chi connectivity index (χ0n) is 7.56. The maximum absolute atomic E-state index is 9.37. The Morgan fingerprint density at radius 1 is 1.33 bits per heavy atom. The summed E-state index contributed by atoms with van der Waals surface area (Å²) in [4.78, 5) is 0. The number of rotatable bonds is 0. The van der Waals surface area contributed by atoms with E-state index in [1.54, 1.807) is 0 Å². The largest absolute Gasteiger partial charge is 0.375 e. The van der Waals surface area contributed by atoms with Crippen LogP contribution in [0.25, 0.3) is 0 Å². The summed E-state index contributed by atoms with van der Waals surface area (Å²) in [5.41, 5.74) is 0. The molecular weight excluding hydrogens is 156 g/mol. The monoisotopic (exact) mass is 172 g/mol. The van der Waals surface area contributed by atoms with Gasteiger partial charge >= 0.3 is 0 Å². The molecule has 0 bridgehead atoms. The van der Waals surface area contributed by atoms with Crippen molar-refractivity contribution in [3.05, 3.63) is 0 Å². The van der Waals surface area contributed by atoms with Crippen molar-refractivity contribution in [2.45, 2.75) is 38.8 Å². The minimum Gasteiger partial charge on any atom is -0.375 e. The van der Waals surface area contributed by atoms with Crippen LogP contribution in [-0.4, -0.2) is 30.2 Å². The van der Waals surface area contributed by atoms with Crippen LogP contribution in [0.4, 0.5) is 0 Å². The van der Waals surface area contributed by atoms with Gasteiger partial charge in [0.2, 0.25) is 0 Å². The van der Waals surface area contributed by atoms with Gasteiger partial charge in [-0.25, -0.2) is 0 Å². The number of hydrogen-bond donors (Lipinski definition) is 1. The van der Waals surface area contributed by atoms with Gasteiger partial charge < -0.3 is 14.6 Å². The Kier molecular flexibility index (Phi) is 2.10. The van der Waals surface area contributed by atoms with Gasteiger partial charge in [0.05, 0.1) is 18.8 Å². The van der Waals surface area contributed by atoms with E-state index in [4.69, 9.17) is 9.47 Å². The first-order valence-corrected chi connectivity index (χ1v) is 4.63. The number of ether oxygens (including phenoxy) is 2. The van der Waals surface area contributed by atoms with Crippen molar-refractivity contribution in [1.29, 1.82) is 0 Å². The van der Waals surface area contributed by atoms with Gasteiger partial charge in [0, 0.05) is 6.42 Å². The molecule has 0 spiro atoms. The molecule has 0 aromatic heterocycles. The van der Waals surface area contributed by atoms with E-state index in [9.17, 15) is 5.11 Å². The Hall–Kier alpha value is -0.120. The lowest BCUT2D eigenvalue weighted by Crippen LogP contribution is -2.42. The topological polar surface area (TPSA) is 38.7 Å². The molecule has 0 amide bonds. The summed E-state index contributed by atoms with van der Waals surface area (Å²) < 4.78 is 10.9. The molecule has 0 aromatic carbocycles. The van der Waals surface area contributed by atoms with Crippen LogP contribution in [-0.2, 0) is 9.47 Å². The molecule has 1 N–H and O–H groups in total. The number of fused-ring (bicyclic) bond motifs is 1. The maximum Gasteiger partial charge on any atom is 0.155 e. The Balaban J connectivity index is 2.08. The summed E-state index contributed by atoms with van der Waals surface area (Å²) in [6.07, 6.45) is 0.411. The summed E-state index contributed by atoms with van der Waals surface area (Å²) >= 11 is 0. The van der Waals surface area contributed by atoms with E-state index in [1.807, 2.05) is 6.92 Å². The van der Waals surface area contributed by atoms with Crippen molar-refractivity contribution >= 4 is 0 Å². The van der Waals surface area contributed by atoms with Crippen molar-refractivity contribution in [2.24, 2.45) is 11.8 Å². The number of aliphatic hydroxyl groups is 1. The van der Waals surface area contributed by atoms with Gasteiger partial charge in [-0.05, 0) is 18.8 Å². The van der Waals surface area contributed by atoms with Gasteiger partial charge in [0.1, 0.15) is 0 Å². The Bertz CT molecular complexity index is 171. The molecular formula is C9H16O3. The first-order valence-electron chi connectivity index (χ1n) is 4.63. The highest BCUT2D eigenvalue weighted by atomic mass is 16.6. The Morgan fingerprint density at radius 3 is 2.83 bits per heavy atom. The van der Waals surface area contributed by atoms with Crippen molar-refractivity contribution in [3.63, 3.8) is 0 Å². The molecule has 3 nitrogen and oxygen atoms in total. The predicted molar refractivity (Wildman–Crippen MR) is 43.6 cm³/mol. The molecule has 2 fully saturated rings. The molecule has 3 heteroatoms. The molecule has 0 saturated carbocycles. The van der Waals surface area contributed by atoms with E-state index < -0.39 is 6.29 Å². The van der Waals surface area contributed by atoms with Gasteiger partial charge in [0.25, 0.3) is 0 Å². The van der Waals surface area contributed by atoms with E-state index in [0.717, 1.165) is 13.0 Å². The lowest BCUT2D eigenvalue weighted by atomic mass is 9.85. The second kappa shape index (κ2) is 2.98. The van der Waals surface area contributed by atoms with Crippen LogP contribution in [0.15, 0.2) is 0 Å². The maximum atomic E-state index is 9.37. The van der Waals surface area contributed by atoms with Crippen LogP contribution in [0.2, 0.25) is 0 Å².